The van der Waals surface area contributed by atoms with E-state index in [9.17, 15) is 13.2 Å². The van der Waals surface area contributed by atoms with E-state index in [1.165, 1.54) is 0 Å². The Balaban J connectivity index is 1.48. The van der Waals surface area contributed by atoms with Gasteiger partial charge in [-0.1, -0.05) is 48.5 Å². The second-order valence-corrected chi connectivity index (χ2v) is 10.5. The van der Waals surface area contributed by atoms with Gasteiger partial charge in [-0.2, -0.15) is 0 Å². The topological polar surface area (TPSA) is 75.7 Å². The van der Waals surface area contributed by atoms with Crippen LogP contribution in [0.3, 0.4) is 0 Å². The zero-order valence-corrected chi connectivity index (χ0v) is 20.1. The molecule has 0 saturated carbocycles. The van der Waals surface area contributed by atoms with Gasteiger partial charge in [-0.15, -0.1) is 0 Å². The van der Waals surface area contributed by atoms with Crippen molar-refractivity contribution in [2.75, 3.05) is 26.7 Å². The fourth-order valence-corrected chi connectivity index (χ4v) is 5.81. The van der Waals surface area contributed by atoms with Crippen LogP contribution in [0.5, 0.6) is 5.75 Å². The van der Waals surface area contributed by atoms with Crippen molar-refractivity contribution in [3.8, 4) is 5.75 Å². The van der Waals surface area contributed by atoms with Crippen molar-refractivity contribution >= 4 is 15.7 Å². The number of nitrogens with one attached hydrogen (secondary N) is 1. The molecule has 0 radical (unpaired) electrons. The maximum atomic E-state index is 13.0. The van der Waals surface area contributed by atoms with Crippen molar-refractivity contribution in [1.82, 2.24) is 10.2 Å². The van der Waals surface area contributed by atoms with Crippen LogP contribution < -0.4 is 10.1 Å². The number of sulfone groups is 1. The molecule has 1 unspecified atom stereocenters. The molecule has 0 bridgehead atoms. The Bertz CT molecular complexity index is 1220. The lowest BCUT2D eigenvalue weighted by Gasteiger charge is -2.29. The molecule has 7 heteroatoms. The van der Waals surface area contributed by atoms with Crippen LogP contribution >= 0.6 is 0 Å². The lowest BCUT2D eigenvalue weighted by molar-refractivity contribution is 0.0937. The van der Waals surface area contributed by atoms with Crippen LogP contribution in [0.1, 0.15) is 40.4 Å². The van der Waals surface area contributed by atoms with Gasteiger partial charge in [-0.25, -0.2) is 8.42 Å². The molecule has 1 amide bonds. The number of carbonyl (C=O) groups is 1. The third-order valence-corrected chi connectivity index (χ3v) is 7.89. The predicted octanol–water partition coefficient (Wildman–Crippen LogP) is 4.24. The molecule has 0 spiro atoms. The molecule has 0 aliphatic carbocycles. The van der Waals surface area contributed by atoms with E-state index < -0.39 is 9.84 Å². The first-order valence-corrected chi connectivity index (χ1v) is 13.1. The number of carbonyl (C=O) groups excluding carboxylic acids is 1. The summed E-state index contributed by atoms with van der Waals surface area (Å²) in [6.45, 7) is 2.39. The first kappa shape index (κ1) is 24.0. The second-order valence-electron chi connectivity index (χ2n) is 8.48. The summed E-state index contributed by atoms with van der Waals surface area (Å²) < 4.78 is 31.1. The van der Waals surface area contributed by atoms with Crippen molar-refractivity contribution in [2.24, 2.45) is 0 Å². The van der Waals surface area contributed by atoms with Crippen LogP contribution in [0.15, 0.2) is 83.8 Å². The molecule has 1 heterocycles. The van der Waals surface area contributed by atoms with E-state index in [1.54, 1.807) is 61.7 Å². The van der Waals surface area contributed by atoms with Crippen LogP contribution in [0.25, 0.3) is 0 Å². The van der Waals surface area contributed by atoms with Crippen molar-refractivity contribution in [1.29, 1.82) is 0 Å². The Kier molecular flexibility index (Phi) is 7.65. The maximum Gasteiger partial charge on any atom is 0.251 e. The number of nitrogens with zero attached hydrogens (tertiary/aromatic N) is 1. The van der Waals surface area contributed by atoms with Crippen LogP contribution in [0.4, 0.5) is 0 Å². The second kappa shape index (κ2) is 10.8. The van der Waals surface area contributed by atoms with Gasteiger partial charge in [0.15, 0.2) is 9.84 Å². The summed E-state index contributed by atoms with van der Waals surface area (Å²) in [6, 6.07) is 23.1. The molecule has 1 N–H and O–H groups in total. The van der Waals surface area contributed by atoms with E-state index in [4.69, 9.17) is 4.74 Å². The average molecular weight is 479 g/mol. The normalized spacial score (nSPS) is 15.1. The van der Waals surface area contributed by atoms with Crippen molar-refractivity contribution in [3.05, 3.63) is 95.6 Å². The first-order chi connectivity index (χ1) is 16.5. The molecule has 6 nitrogen and oxygen atoms in total. The average Bonchev–Trinajstić information content (AvgIpc) is 3.39. The molecule has 4 rings (SSSR count). The number of hydrogen-bond acceptors (Lipinski definition) is 5. The fourth-order valence-electron chi connectivity index (χ4n) is 4.46. The van der Waals surface area contributed by atoms with Crippen molar-refractivity contribution < 1.29 is 17.9 Å². The van der Waals surface area contributed by atoms with Gasteiger partial charge >= 0.3 is 0 Å². The number of ether oxygens (including phenoxy) is 1. The van der Waals surface area contributed by atoms with Gasteiger partial charge in [0.05, 0.1) is 23.8 Å². The van der Waals surface area contributed by atoms with Crippen LogP contribution in [-0.2, 0) is 15.6 Å². The lowest BCUT2D eigenvalue weighted by Crippen LogP contribution is -2.37. The Hall–Kier alpha value is -3.16. The van der Waals surface area contributed by atoms with Gasteiger partial charge in [0, 0.05) is 17.7 Å². The van der Waals surface area contributed by atoms with Crippen LogP contribution in [0, 0.1) is 0 Å². The van der Waals surface area contributed by atoms with E-state index in [0.717, 1.165) is 37.2 Å². The Morgan fingerprint density at radius 2 is 1.68 bits per heavy atom. The summed E-state index contributed by atoms with van der Waals surface area (Å²) in [6.07, 6.45) is 2.27. The minimum Gasteiger partial charge on any atom is -0.496 e. The van der Waals surface area contributed by atoms with E-state index in [2.05, 4.69) is 10.2 Å². The predicted molar refractivity (Wildman–Crippen MR) is 133 cm³/mol. The van der Waals surface area contributed by atoms with Gasteiger partial charge in [-0.05, 0) is 61.8 Å². The van der Waals surface area contributed by atoms with Crippen LogP contribution in [-0.4, -0.2) is 46.0 Å². The number of likely N-dealkylation sites (tertiary alicyclic amines) is 1. The molecule has 178 valence electrons. The third kappa shape index (κ3) is 5.66. The van der Waals surface area contributed by atoms with E-state index >= 15 is 0 Å². The molecule has 1 aliphatic heterocycles. The number of amides is 1. The largest absolute Gasteiger partial charge is 0.496 e. The monoisotopic (exact) mass is 478 g/mol. The first-order valence-electron chi connectivity index (χ1n) is 11.5. The molecule has 3 aromatic carbocycles. The molecular weight excluding hydrogens is 448 g/mol. The third-order valence-electron chi connectivity index (χ3n) is 6.18. The number of benzene rings is 3. The summed E-state index contributed by atoms with van der Waals surface area (Å²) in [5.74, 6) is 0.426. The van der Waals surface area contributed by atoms with Crippen molar-refractivity contribution in [2.45, 2.75) is 29.5 Å². The van der Waals surface area contributed by atoms with Gasteiger partial charge in [0.2, 0.25) is 0 Å². The number of hydrogen-bond donors (Lipinski definition) is 1. The molecule has 1 aliphatic rings. The van der Waals surface area contributed by atoms with Crippen molar-refractivity contribution in [3.63, 3.8) is 0 Å². The highest BCUT2D eigenvalue weighted by atomic mass is 32.2. The number of methoxy groups -OCH3 is 1. The van der Waals surface area contributed by atoms with E-state index in [-0.39, 0.29) is 22.6 Å². The summed E-state index contributed by atoms with van der Waals surface area (Å²) in [7, 11) is -1.83. The molecule has 0 aromatic heterocycles. The molecular formula is C27H30N2O4S. The van der Waals surface area contributed by atoms with E-state index in [1.807, 2.05) is 24.3 Å². The highest BCUT2D eigenvalue weighted by Crippen LogP contribution is 2.31. The summed E-state index contributed by atoms with van der Waals surface area (Å²) in [4.78, 5) is 15.7. The maximum absolute atomic E-state index is 13.0. The molecule has 1 fully saturated rings. The Morgan fingerprint density at radius 3 is 2.41 bits per heavy atom. The van der Waals surface area contributed by atoms with Gasteiger partial charge in [-0.3, -0.25) is 9.69 Å². The number of rotatable bonds is 9. The lowest BCUT2D eigenvalue weighted by atomic mass is 10.0. The highest BCUT2D eigenvalue weighted by Gasteiger charge is 2.26. The smallest absolute Gasteiger partial charge is 0.251 e. The molecule has 1 saturated heterocycles. The summed E-state index contributed by atoms with van der Waals surface area (Å²) in [5.41, 5.74) is 2.08. The molecule has 3 aromatic rings. The zero-order chi connectivity index (χ0) is 24.0. The Labute approximate surface area is 201 Å². The summed E-state index contributed by atoms with van der Waals surface area (Å²) >= 11 is 0. The Morgan fingerprint density at radius 1 is 0.971 bits per heavy atom. The van der Waals surface area contributed by atoms with Gasteiger partial charge in [0.1, 0.15) is 5.75 Å². The highest BCUT2D eigenvalue weighted by molar-refractivity contribution is 7.90. The quantitative estimate of drug-likeness (QED) is 0.498. The van der Waals surface area contributed by atoms with Gasteiger partial charge < -0.3 is 10.1 Å². The fraction of sp³-hybridized carbons (Fsp3) is 0.296. The SMILES string of the molecule is COc1ccccc1C(CNC(=O)c1cccc(CS(=O)(=O)c2ccccc2)c1)N1CCCC1. The minimum atomic E-state index is -3.49. The molecule has 34 heavy (non-hydrogen) atoms. The van der Waals surface area contributed by atoms with Crippen LogP contribution in [0.2, 0.25) is 0 Å². The molecule has 1 atom stereocenters. The minimum absolute atomic E-state index is 0.00393. The number of para-hydroxylation sites is 1. The summed E-state index contributed by atoms with van der Waals surface area (Å²) in [5, 5.41) is 3.06. The standard InChI is InChI=1S/C27H30N2O4S/c1-33-26-15-6-5-14-24(26)25(29-16-7-8-17-29)19-28-27(30)22-11-9-10-21(18-22)20-34(31,32)23-12-3-2-4-13-23/h2-6,9-15,18,25H,7-8,16-17,19-20H2,1H3,(H,28,30). The van der Waals surface area contributed by atoms with Gasteiger partial charge in [0.25, 0.3) is 5.91 Å². The zero-order valence-electron chi connectivity index (χ0n) is 19.3. The van der Waals surface area contributed by atoms with E-state index in [0.29, 0.717) is 17.7 Å².